The third-order valence-corrected chi connectivity index (χ3v) is 6.78. The highest BCUT2D eigenvalue weighted by atomic mass is 16.5. The van der Waals surface area contributed by atoms with Gasteiger partial charge in [0.15, 0.2) is 23.4 Å². The standard InChI is InChI=1S/C18H21NO5/c1-19-6-5-17-14-9-3-4-11(23-2)15(14)24-16(17)10(20)8-13(21)18(17,22)12(19)7-9/h3-4,12-13,16,21-22H,5-8H2,1-2H3/t12-,13+,16+,17+,18+/m1/s1. The van der Waals surface area contributed by atoms with Gasteiger partial charge in [0.05, 0.1) is 18.6 Å². The Morgan fingerprint density at radius 1 is 1.38 bits per heavy atom. The molecular weight excluding hydrogens is 310 g/mol. The van der Waals surface area contributed by atoms with E-state index < -0.39 is 23.2 Å². The van der Waals surface area contributed by atoms with Crippen LogP contribution in [0.25, 0.3) is 0 Å². The first-order valence-corrected chi connectivity index (χ1v) is 8.45. The average Bonchev–Trinajstić information content (AvgIpc) is 2.91. The molecular formula is C18H21NO5. The second kappa shape index (κ2) is 4.31. The summed E-state index contributed by atoms with van der Waals surface area (Å²) in [7, 11) is 3.54. The molecule has 0 radical (unpaired) electrons. The van der Waals surface area contributed by atoms with E-state index in [1.165, 1.54) is 0 Å². The molecule has 6 nitrogen and oxygen atoms in total. The molecule has 1 aromatic rings. The van der Waals surface area contributed by atoms with Gasteiger partial charge in [-0.2, -0.15) is 0 Å². The number of likely N-dealkylation sites (N-methyl/N-ethyl adjacent to an activating group) is 1. The minimum atomic E-state index is -1.39. The SMILES string of the molecule is COc1ccc2c3c1O[C@H]1C(=O)C[C@H](O)[C@@]4(O)[C@@H](C2)N(C)CC[C@]314. The number of carbonyl (C=O) groups is 1. The topological polar surface area (TPSA) is 79.2 Å². The van der Waals surface area contributed by atoms with E-state index in [0.29, 0.717) is 24.3 Å². The van der Waals surface area contributed by atoms with E-state index >= 15 is 0 Å². The number of hydrogen-bond acceptors (Lipinski definition) is 6. The molecule has 128 valence electrons. The molecule has 2 aliphatic heterocycles. The molecule has 1 spiro atoms. The first kappa shape index (κ1) is 14.7. The molecule has 5 rings (SSSR count). The van der Waals surface area contributed by atoms with Crippen LogP contribution in [0.2, 0.25) is 0 Å². The molecule has 4 aliphatic rings. The van der Waals surface area contributed by atoms with Crippen LogP contribution in [0.4, 0.5) is 0 Å². The molecule has 1 saturated carbocycles. The number of aliphatic hydroxyl groups excluding tert-OH is 1. The molecule has 2 fully saturated rings. The minimum Gasteiger partial charge on any atom is -0.493 e. The highest BCUT2D eigenvalue weighted by molar-refractivity contribution is 5.90. The predicted octanol–water partition coefficient (Wildman–Crippen LogP) is 0.0190. The predicted molar refractivity (Wildman–Crippen MR) is 84.4 cm³/mol. The van der Waals surface area contributed by atoms with Crippen molar-refractivity contribution in [2.24, 2.45) is 0 Å². The van der Waals surface area contributed by atoms with Crippen molar-refractivity contribution in [2.75, 3.05) is 20.7 Å². The third-order valence-electron chi connectivity index (χ3n) is 6.78. The maximum atomic E-state index is 12.7. The summed E-state index contributed by atoms with van der Waals surface area (Å²) in [6, 6.07) is 3.64. The van der Waals surface area contributed by atoms with Crippen molar-refractivity contribution in [3.05, 3.63) is 23.3 Å². The van der Waals surface area contributed by atoms with Gasteiger partial charge in [0.2, 0.25) is 0 Å². The lowest BCUT2D eigenvalue weighted by Crippen LogP contribution is -2.80. The van der Waals surface area contributed by atoms with Crippen LogP contribution in [0.15, 0.2) is 12.1 Å². The van der Waals surface area contributed by atoms with Crippen molar-refractivity contribution in [1.82, 2.24) is 4.90 Å². The van der Waals surface area contributed by atoms with Crippen LogP contribution >= 0.6 is 0 Å². The molecule has 24 heavy (non-hydrogen) atoms. The van der Waals surface area contributed by atoms with Crippen molar-refractivity contribution in [2.45, 2.75) is 48.5 Å². The second-order valence-corrected chi connectivity index (χ2v) is 7.56. The molecule has 2 heterocycles. The van der Waals surface area contributed by atoms with Crippen molar-refractivity contribution in [1.29, 1.82) is 0 Å². The molecule has 1 aromatic carbocycles. The van der Waals surface area contributed by atoms with Crippen LogP contribution in [-0.2, 0) is 16.6 Å². The Bertz CT molecular complexity index is 764. The largest absolute Gasteiger partial charge is 0.493 e. The highest BCUT2D eigenvalue weighted by Gasteiger charge is 2.75. The zero-order chi connectivity index (χ0) is 16.9. The van der Waals surface area contributed by atoms with Gasteiger partial charge in [-0.25, -0.2) is 0 Å². The van der Waals surface area contributed by atoms with Gasteiger partial charge in [-0.1, -0.05) is 6.07 Å². The lowest BCUT2D eigenvalue weighted by atomic mass is 9.48. The van der Waals surface area contributed by atoms with E-state index in [2.05, 4.69) is 4.90 Å². The van der Waals surface area contributed by atoms with Crippen molar-refractivity contribution in [3.63, 3.8) is 0 Å². The molecule has 0 unspecified atom stereocenters. The number of carbonyl (C=O) groups excluding carboxylic acids is 1. The fourth-order valence-electron chi connectivity index (χ4n) is 5.73. The van der Waals surface area contributed by atoms with E-state index in [0.717, 1.165) is 17.7 Å². The van der Waals surface area contributed by atoms with E-state index in [1.807, 2.05) is 19.2 Å². The number of ether oxygens (including phenoxy) is 2. The van der Waals surface area contributed by atoms with Gasteiger partial charge >= 0.3 is 0 Å². The van der Waals surface area contributed by atoms with Gasteiger partial charge < -0.3 is 24.6 Å². The zero-order valence-electron chi connectivity index (χ0n) is 13.8. The monoisotopic (exact) mass is 331 g/mol. The van der Waals surface area contributed by atoms with Crippen molar-refractivity contribution in [3.8, 4) is 11.5 Å². The van der Waals surface area contributed by atoms with Crippen LogP contribution in [-0.4, -0.2) is 65.4 Å². The number of rotatable bonds is 1. The van der Waals surface area contributed by atoms with Crippen LogP contribution in [0, 0.1) is 0 Å². The van der Waals surface area contributed by atoms with Gasteiger partial charge in [-0.15, -0.1) is 0 Å². The van der Waals surface area contributed by atoms with Crippen molar-refractivity contribution >= 4 is 5.78 Å². The molecule has 5 atom stereocenters. The number of likely N-dealkylation sites (tertiary alicyclic amines) is 1. The van der Waals surface area contributed by atoms with Crippen LogP contribution < -0.4 is 9.47 Å². The van der Waals surface area contributed by atoms with Gasteiger partial charge in [0.25, 0.3) is 0 Å². The molecule has 1 saturated heterocycles. The first-order valence-electron chi connectivity index (χ1n) is 8.45. The summed E-state index contributed by atoms with van der Waals surface area (Å²) < 4.78 is 11.5. The van der Waals surface area contributed by atoms with Crippen LogP contribution in [0.1, 0.15) is 24.0 Å². The second-order valence-electron chi connectivity index (χ2n) is 7.56. The van der Waals surface area contributed by atoms with Crippen LogP contribution in [0.5, 0.6) is 11.5 Å². The lowest BCUT2D eigenvalue weighted by molar-refractivity contribution is -0.226. The fraction of sp³-hybridized carbons (Fsp3) is 0.611. The zero-order valence-corrected chi connectivity index (χ0v) is 13.8. The number of piperidine rings is 1. The Kier molecular flexibility index (Phi) is 2.64. The number of methoxy groups -OCH3 is 1. The quantitative estimate of drug-likeness (QED) is 0.755. The maximum Gasteiger partial charge on any atom is 0.177 e. The third kappa shape index (κ3) is 1.31. The van der Waals surface area contributed by atoms with Gasteiger partial charge in [-0.3, -0.25) is 4.79 Å². The molecule has 0 amide bonds. The normalized spacial score (nSPS) is 42.5. The Hall–Kier alpha value is -1.63. The maximum absolute atomic E-state index is 12.7. The van der Waals surface area contributed by atoms with E-state index in [1.54, 1.807) is 7.11 Å². The van der Waals surface area contributed by atoms with E-state index in [-0.39, 0.29) is 18.2 Å². The number of nitrogens with zero attached hydrogens (tertiary/aromatic N) is 1. The summed E-state index contributed by atoms with van der Waals surface area (Å²) in [5.74, 6) is 1.02. The number of hydrogen-bond donors (Lipinski definition) is 2. The molecule has 2 bridgehead atoms. The van der Waals surface area contributed by atoms with E-state index in [9.17, 15) is 15.0 Å². The Morgan fingerprint density at radius 2 is 2.17 bits per heavy atom. The number of ketones is 1. The van der Waals surface area contributed by atoms with Crippen LogP contribution in [0.3, 0.4) is 0 Å². The Morgan fingerprint density at radius 3 is 2.92 bits per heavy atom. The number of benzene rings is 1. The summed E-state index contributed by atoms with van der Waals surface area (Å²) in [5, 5.41) is 22.5. The number of Topliss-reactive ketones (excluding diaryl/α,β-unsaturated/α-hetero) is 1. The average molecular weight is 331 g/mol. The smallest absolute Gasteiger partial charge is 0.177 e. The minimum absolute atomic E-state index is 0.0705. The lowest BCUT2D eigenvalue weighted by Gasteiger charge is -2.63. The highest BCUT2D eigenvalue weighted by Crippen LogP contribution is 2.64. The fourth-order valence-corrected chi connectivity index (χ4v) is 5.73. The van der Waals surface area contributed by atoms with Gasteiger partial charge in [0, 0.05) is 18.0 Å². The van der Waals surface area contributed by atoms with Gasteiger partial charge in [0.1, 0.15) is 5.60 Å². The summed E-state index contributed by atoms with van der Waals surface area (Å²) in [6.45, 7) is 0.753. The van der Waals surface area contributed by atoms with Gasteiger partial charge in [-0.05, 0) is 38.1 Å². The first-order chi connectivity index (χ1) is 11.4. The summed E-state index contributed by atoms with van der Waals surface area (Å²) in [5.41, 5.74) is -0.304. The molecule has 2 aliphatic carbocycles. The molecule has 6 heteroatoms. The summed E-state index contributed by atoms with van der Waals surface area (Å²) in [6.07, 6.45) is -0.686. The molecule has 2 N–H and O–H groups in total. The van der Waals surface area contributed by atoms with E-state index in [4.69, 9.17) is 9.47 Å². The summed E-state index contributed by atoms with van der Waals surface area (Å²) >= 11 is 0. The summed E-state index contributed by atoms with van der Waals surface area (Å²) in [4.78, 5) is 14.8. The number of aliphatic hydroxyl groups is 2. The van der Waals surface area contributed by atoms with Crippen molar-refractivity contribution < 1.29 is 24.5 Å². The Balaban J connectivity index is 1.87. The molecule has 0 aromatic heterocycles. The Labute approximate surface area is 140 Å².